The Kier molecular flexibility index (Phi) is 1.33. The Labute approximate surface area is 68.8 Å². The van der Waals surface area contributed by atoms with Gasteiger partial charge in [-0.1, -0.05) is 0 Å². The van der Waals surface area contributed by atoms with Gasteiger partial charge in [0.15, 0.2) is 11.5 Å². The van der Waals surface area contributed by atoms with Crippen molar-refractivity contribution in [2.75, 3.05) is 11.5 Å². The van der Waals surface area contributed by atoms with Gasteiger partial charge >= 0.3 is 0 Å². The summed E-state index contributed by atoms with van der Waals surface area (Å²) in [6.45, 7) is 0. The Bertz CT molecular complexity index is 389. The molecule has 0 aliphatic heterocycles. The summed E-state index contributed by atoms with van der Waals surface area (Å²) in [7, 11) is 0. The van der Waals surface area contributed by atoms with E-state index in [4.69, 9.17) is 20.3 Å². The highest BCUT2D eigenvalue weighted by atomic mass is 16.4. The number of anilines is 2. The molecule has 0 amide bonds. The molecular weight excluding hydrogens is 156 g/mol. The topological polar surface area (TPSA) is 78.3 Å². The fourth-order valence-corrected chi connectivity index (χ4v) is 0.989. The zero-order valence-corrected chi connectivity index (χ0v) is 6.28. The second-order valence-corrected chi connectivity index (χ2v) is 2.45. The van der Waals surface area contributed by atoms with Crippen molar-refractivity contribution in [3.63, 3.8) is 0 Å². The summed E-state index contributed by atoms with van der Waals surface area (Å²) < 4.78 is 10.2. The molecule has 0 fully saturated rings. The van der Waals surface area contributed by atoms with Crippen LogP contribution < -0.4 is 11.5 Å². The van der Waals surface area contributed by atoms with Crippen LogP contribution in [0.4, 0.5) is 11.4 Å². The first kappa shape index (κ1) is 6.84. The van der Waals surface area contributed by atoms with Crippen LogP contribution in [0.1, 0.15) is 0 Å². The molecule has 0 saturated heterocycles. The van der Waals surface area contributed by atoms with Gasteiger partial charge in [0.2, 0.25) is 0 Å². The molecule has 2 heterocycles. The second kappa shape index (κ2) is 2.34. The molecule has 4 heteroatoms. The van der Waals surface area contributed by atoms with Gasteiger partial charge in [-0.2, -0.15) is 0 Å². The van der Waals surface area contributed by atoms with E-state index >= 15 is 0 Å². The van der Waals surface area contributed by atoms with Gasteiger partial charge in [0.1, 0.15) is 6.26 Å². The highest BCUT2D eigenvalue weighted by Crippen LogP contribution is 2.28. The van der Waals surface area contributed by atoms with Crippen molar-refractivity contribution in [3.8, 4) is 11.5 Å². The predicted octanol–water partition coefficient (Wildman–Crippen LogP) is 1.70. The van der Waals surface area contributed by atoms with Crippen LogP contribution >= 0.6 is 0 Å². The minimum atomic E-state index is 0.520. The summed E-state index contributed by atoms with van der Waals surface area (Å²) in [5.41, 5.74) is 12.1. The quantitative estimate of drug-likeness (QED) is 0.672. The van der Waals surface area contributed by atoms with Crippen molar-refractivity contribution in [2.45, 2.75) is 0 Å². The van der Waals surface area contributed by atoms with E-state index in [1.54, 1.807) is 12.1 Å². The highest BCUT2D eigenvalue weighted by molar-refractivity contribution is 5.68. The maximum Gasteiger partial charge on any atom is 0.192 e. The van der Waals surface area contributed by atoms with Gasteiger partial charge in [-0.25, -0.2) is 0 Å². The summed E-state index contributed by atoms with van der Waals surface area (Å²) in [6, 6.07) is 3.32. The van der Waals surface area contributed by atoms with E-state index < -0.39 is 0 Å². The van der Waals surface area contributed by atoms with Crippen LogP contribution in [0.25, 0.3) is 11.5 Å². The van der Waals surface area contributed by atoms with Gasteiger partial charge in [0, 0.05) is 12.1 Å². The van der Waals surface area contributed by atoms with Crippen molar-refractivity contribution in [1.29, 1.82) is 0 Å². The Morgan fingerprint density at radius 2 is 2.00 bits per heavy atom. The second-order valence-electron chi connectivity index (χ2n) is 2.45. The third-order valence-corrected chi connectivity index (χ3v) is 1.54. The van der Waals surface area contributed by atoms with Crippen molar-refractivity contribution in [3.05, 3.63) is 24.7 Å². The van der Waals surface area contributed by atoms with Gasteiger partial charge in [-0.15, -0.1) is 0 Å². The predicted molar refractivity (Wildman–Crippen MR) is 45.2 cm³/mol. The molecule has 4 nitrogen and oxygen atoms in total. The Morgan fingerprint density at radius 1 is 1.17 bits per heavy atom. The maximum atomic E-state index is 5.59. The first-order valence-corrected chi connectivity index (χ1v) is 3.45. The maximum absolute atomic E-state index is 5.59. The molecule has 0 spiro atoms. The fraction of sp³-hybridized carbons (Fsp3) is 0. The van der Waals surface area contributed by atoms with Gasteiger partial charge in [-0.05, 0) is 0 Å². The van der Waals surface area contributed by atoms with E-state index in [1.807, 2.05) is 0 Å². The largest absolute Gasteiger partial charge is 0.459 e. The molecule has 2 aromatic rings. The summed E-state index contributed by atoms with van der Waals surface area (Å²) >= 11 is 0. The zero-order chi connectivity index (χ0) is 8.55. The molecule has 0 atom stereocenters. The number of hydrogen-bond donors (Lipinski definition) is 2. The van der Waals surface area contributed by atoms with E-state index in [0.717, 1.165) is 0 Å². The zero-order valence-electron chi connectivity index (χ0n) is 6.28. The highest BCUT2D eigenvalue weighted by Gasteiger charge is 2.09. The van der Waals surface area contributed by atoms with Crippen molar-refractivity contribution in [1.82, 2.24) is 0 Å². The Morgan fingerprint density at radius 3 is 2.50 bits per heavy atom. The molecule has 0 aliphatic carbocycles. The molecule has 2 rings (SSSR count). The summed E-state index contributed by atoms with van der Waals surface area (Å²) in [6.07, 6.45) is 2.95. The van der Waals surface area contributed by atoms with E-state index in [2.05, 4.69) is 0 Å². The van der Waals surface area contributed by atoms with Crippen LogP contribution in [0.2, 0.25) is 0 Å². The third kappa shape index (κ3) is 0.934. The molecule has 12 heavy (non-hydrogen) atoms. The minimum absolute atomic E-state index is 0.520. The van der Waals surface area contributed by atoms with Crippen molar-refractivity contribution < 1.29 is 8.83 Å². The molecule has 0 aliphatic rings. The first-order chi connectivity index (χ1) is 5.77. The standard InChI is InChI=1S/C8H8N2O2/c9-5-3-7(12-4-5)8-6(10)1-2-11-8/h1-4H,9-10H2. The molecule has 0 saturated carbocycles. The number of rotatable bonds is 1. The smallest absolute Gasteiger partial charge is 0.192 e. The Hall–Kier alpha value is -1.84. The number of hydrogen-bond acceptors (Lipinski definition) is 4. The average molecular weight is 164 g/mol. The number of nitrogens with two attached hydrogens (primary N) is 2. The normalized spacial score (nSPS) is 10.3. The third-order valence-electron chi connectivity index (χ3n) is 1.54. The van der Waals surface area contributed by atoms with Crippen LogP contribution in [0.5, 0.6) is 0 Å². The van der Waals surface area contributed by atoms with Crippen LogP contribution in [0.3, 0.4) is 0 Å². The number of furan rings is 2. The number of nitrogen functional groups attached to an aromatic ring is 2. The van der Waals surface area contributed by atoms with Crippen molar-refractivity contribution in [2.24, 2.45) is 0 Å². The van der Waals surface area contributed by atoms with Gasteiger partial charge in [0.25, 0.3) is 0 Å². The van der Waals surface area contributed by atoms with Gasteiger partial charge in [-0.3, -0.25) is 0 Å². The summed E-state index contributed by atoms with van der Waals surface area (Å²) in [4.78, 5) is 0. The van der Waals surface area contributed by atoms with Crippen LogP contribution in [0, 0.1) is 0 Å². The van der Waals surface area contributed by atoms with Crippen LogP contribution in [-0.2, 0) is 0 Å². The van der Waals surface area contributed by atoms with E-state index in [1.165, 1.54) is 12.5 Å². The average Bonchev–Trinajstić information content (AvgIpc) is 2.58. The molecule has 2 aromatic heterocycles. The van der Waals surface area contributed by atoms with E-state index in [0.29, 0.717) is 22.9 Å². The molecule has 0 aromatic carbocycles. The SMILES string of the molecule is Nc1coc(-c2occc2N)c1. The molecule has 4 N–H and O–H groups in total. The molecule has 0 bridgehead atoms. The molecule has 62 valence electrons. The summed E-state index contributed by atoms with van der Waals surface area (Å²) in [5, 5.41) is 0. The lowest BCUT2D eigenvalue weighted by Crippen LogP contribution is -1.82. The first-order valence-electron chi connectivity index (χ1n) is 3.45. The lowest BCUT2D eigenvalue weighted by Gasteiger charge is -1.90. The van der Waals surface area contributed by atoms with E-state index in [-0.39, 0.29) is 0 Å². The molecule has 0 unspecified atom stereocenters. The van der Waals surface area contributed by atoms with Crippen LogP contribution in [-0.4, -0.2) is 0 Å². The lowest BCUT2D eigenvalue weighted by molar-refractivity contribution is 0.525. The lowest BCUT2D eigenvalue weighted by atomic mass is 10.3. The Balaban J connectivity index is 2.50. The monoisotopic (exact) mass is 164 g/mol. The summed E-state index contributed by atoms with van der Waals surface area (Å²) in [5.74, 6) is 1.07. The van der Waals surface area contributed by atoms with E-state index in [9.17, 15) is 0 Å². The van der Waals surface area contributed by atoms with Gasteiger partial charge < -0.3 is 20.3 Å². The molecule has 0 radical (unpaired) electrons. The van der Waals surface area contributed by atoms with Crippen LogP contribution in [0.15, 0.2) is 33.5 Å². The fourth-order valence-electron chi connectivity index (χ4n) is 0.989. The van der Waals surface area contributed by atoms with Crippen molar-refractivity contribution >= 4 is 11.4 Å². The molecular formula is C8H8N2O2. The minimum Gasteiger partial charge on any atom is -0.459 e. The van der Waals surface area contributed by atoms with Gasteiger partial charge in [0.05, 0.1) is 17.6 Å².